The Kier molecular flexibility index (Phi) is 1.94. The maximum absolute atomic E-state index is 10.6. The van der Waals surface area contributed by atoms with E-state index in [9.17, 15) is 4.79 Å². The number of rotatable bonds is 1. The van der Waals surface area contributed by atoms with Gasteiger partial charge in [-0.2, -0.15) is 0 Å². The summed E-state index contributed by atoms with van der Waals surface area (Å²) in [7, 11) is 0. The lowest BCUT2D eigenvalue weighted by atomic mass is 10.0. The van der Waals surface area contributed by atoms with Crippen LogP contribution in [0.4, 0.5) is 0 Å². The van der Waals surface area contributed by atoms with E-state index < -0.39 is 0 Å². The molecule has 0 aliphatic carbocycles. The van der Waals surface area contributed by atoms with Crippen LogP contribution < -0.4 is 5.32 Å². The predicted octanol–water partition coefficient (Wildman–Crippen LogP) is 0.302. The summed E-state index contributed by atoms with van der Waals surface area (Å²) in [5.41, 5.74) is -0.105. The van der Waals surface area contributed by atoms with Gasteiger partial charge >= 0.3 is 0 Å². The molecule has 0 saturated carbocycles. The largest absolute Gasteiger partial charge is 0.379 e. The van der Waals surface area contributed by atoms with Crippen molar-refractivity contribution in [2.75, 3.05) is 13.2 Å². The van der Waals surface area contributed by atoms with Crippen LogP contribution in [0, 0.1) is 0 Å². The minimum absolute atomic E-state index is 0.0213. The molecule has 58 valence electrons. The highest BCUT2D eigenvalue weighted by molar-refractivity contribution is 5.73. The molecule has 1 N–H and O–H groups in total. The molecule has 0 aromatic rings. The summed E-state index contributed by atoms with van der Waals surface area (Å²) in [5.74, 6) is 0.0213. The maximum Gasteiger partial charge on any atom is 0.217 e. The van der Waals surface area contributed by atoms with Gasteiger partial charge in [0.05, 0.1) is 12.1 Å². The normalized spacial score (nSPS) is 32.2. The molecule has 10 heavy (non-hydrogen) atoms. The summed E-state index contributed by atoms with van der Waals surface area (Å²) in [4.78, 5) is 10.6. The number of amides is 1. The van der Waals surface area contributed by atoms with Crippen LogP contribution in [-0.2, 0) is 9.53 Å². The van der Waals surface area contributed by atoms with Gasteiger partial charge in [0.25, 0.3) is 0 Å². The van der Waals surface area contributed by atoms with Gasteiger partial charge in [-0.15, -0.1) is 0 Å². The average molecular weight is 143 g/mol. The zero-order valence-electron chi connectivity index (χ0n) is 6.44. The topological polar surface area (TPSA) is 38.3 Å². The molecule has 1 amide bonds. The summed E-state index contributed by atoms with van der Waals surface area (Å²) in [5, 5.41) is 2.85. The minimum atomic E-state index is -0.105. The number of nitrogens with one attached hydrogen (secondary N) is 1. The average Bonchev–Trinajstić information content (AvgIpc) is 2.12. The van der Waals surface area contributed by atoms with Gasteiger partial charge in [0, 0.05) is 13.5 Å². The zero-order chi connectivity index (χ0) is 7.61. The fourth-order valence-electron chi connectivity index (χ4n) is 1.19. The minimum Gasteiger partial charge on any atom is -0.379 e. The summed E-state index contributed by atoms with van der Waals surface area (Å²) >= 11 is 0. The number of carbonyl (C=O) groups is 1. The quantitative estimate of drug-likeness (QED) is 0.573. The van der Waals surface area contributed by atoms with E-state index >= 15 is 0 Å². The fraction of sp³-hybridized carbons (Fsp3) is 0.857. The van der Waals surface area contributed by atoms with Crippen LogP contribution in [0.3, 0.4) is 0 Å². The Bertz CT molecular complexity index is 139. The van der Waals surface area contributed by atoms with Gasteiger partial charge in [-0.1, -0.05) is 0 Å². The zero-order valence-corrected chi connectivity index (χ0v) is 6.44. The monoisotopic (exact) mass is 143 g/mol. The van der Waals surface area contributed by atoms with Gasteiger partial charge in [-0.05, 0) is 13.3 Å². The third-order valence-corrected chi connectivity index (χ3v) is 1.70. The number of ether oxygens (including phenoxy) is 1. The predicted molar refractivity (Wildman–Crippen MR) is 37.7 cm³/mol. The lowest BCUT2D eigenvalue weighted by Gasteiger charge is -2.22. The number of carbonyl (C=O) groups excluding carboxylic acids is 1. The van der Waals surface area contributed by atoms with Gasteiger partial charge in [-0.3, -0.25) is 4.79 Å². The lowest BCUT2D eigenvalue weighted by molar-refractivity contribution is -0.120. The molecule has 0 spiro atoms. The Morgan fingerprint density at radius 2 is 2.40 bits per heavy atom. The summed E-state index contributed by atoms with van der Waals surface area (Å²) < 4.78 is 5.15. The van der Waals surface area contributed by atoms with Crippen LogP contribution in [-0.4, -0.2) is 24.7 Å². The standard InChI is InChI=1S/C7H13NO2/c1-6(9)8-7(2)3-4-10-5-7/h3-5H2,1-2H3,(H,8,9). The van der Waals surface area contributed by atoms with Crippen molar-refractivity contribution in [3.63, 3.8) is 0 Å². The third kappa shape index (κ3) is 1.70. The highest BCUT2D eigenvalue weighted by atomic mass is 16.5. The first-order chi connectivity index (χ1) is 4.62. The van der Waals surface area contributed by atoms with Gasteiger partial charge in [0.15, 0.2) is 0 Å². The van der Waals surface area contributed by atoms with Crippen LogP contribution in [0.15, 0.2) is 0 Å². The molecular weight excluding hydrogens is 130 g/mol. The van der Waals surface area contributed by atoms with E-state index in [0.29, 0.717) is 6.61 Å². The Labute approximate surface area is 60.7 Å². The lowest BCUT2D eigenvalue weighted by Crippen LogP contribution is -2.45. The van der Waals surface area contributed by atoms with E-state index in [4.69, 9.17) is 4.74 Å². The van der Waals surface area contributed by atoms with Crippen LogP contribution in [0.5, 0.6) is 0 Å². The summed E-state index contributed by atoms with van der Waals surface area (Å²) in [6.07, 6.45) is 0.923. The molecule has 0 bridgehead atoms. The molecule has 1 aliphatic heterocycles. The van der Waals surface area contributed by atoms with Crippen molar-refractivity contribution in [3.05, 3.63) is 0 Å². The SMILES string of the molecule is CC(=O)NC1(C)CCOC1. The first-order valence-electron chi connectivity index (χ1n) is 3.49. The van der Waals surface area contributed by atoms with Crippen molar-refractivity contribution in [2.24, 2.45) is 0 Å². The van der Waals surface area contributed by atoms with Gasteiger partial charge in [-0.25, -0.2) is 0 Å². The van der Waals surface area contributed by atoms with Crippen LogP contribution in [0.1, 0.15) is 20.3 Å². The van der Waals surface area contributed by atoms with Crippen molar-refractivity contribution < 1.29 is 9.53 Å². The van der Waals surface area contributed by atoms with Crippen molar-refractivity contribution >= 4 is 5.91 Å². The van der Waals surface area contributed by atoms with Crippen molar-refractivity contribution in [3.8, 4) is 0 Å². The highest BCUT2D eigenvalue weighted by Crippen LogP contribution is 2.16. The number of hydrogen-bond acceptors (Lipinski definition) is 2. The highest BCUT2D eigenvalue weighted by Gasteiger charge is 2.29. The smallest absolute Gasteiger partial charge is 0.217 e. The molecule has 3 nitrogen and oxygen atoms in total. The van der Waals surface area contributed by atoms with E-state index in [2.05, 4.69) is 5.32 Å². The molecule has 1 saturated heterocycles. The van der Waals surface area contributed by atoms with Crippen molar-refractivity contribution in [1.82, 2.24) is 5.32 Å². The van der Waals surface area contributed by atoms with Gasteiger partial charge in [0.1, 0.15) is 0 Å². The molecule has 1 atom stereocenters. The molecule has 3 heteroatoms. The molecule has 0 aromatic carbocycles. The van der Waals surface area contributed by atoms with E-state index in [0.717, 1.165) is 13.0 Å². The van der Waals surface area contributed by atoms with E-state index in [1.807, 2.05) is 6.92 Å². The Hall–Kier alpha value is -0.570. The maximum atomic E-state index is 10.6. The third-order valence-electron chi connectivity index (χ3n) is 1.70. The Balaban J connectivity index is 2.43. The molecular formula is C7H13NO2. The van der Waals surface area contributed by atoms with E-state index in [-0.39, 0.29) is 11.4 Å². The fourth-order valence-corrected chi connectivity index (χ4v) is 1.19. The Morgan fingerprint density at radius 1 is 1.70 bits per heavy atom. The van der Waals surface area contributed by atoms with Crippen LogP contribution >= 0.6 is 0 Å². The molecule has 0 radical (unpaired) electrons. The number of hydrogen-bond donors (Lipinski definition) is 1. The molecule has 1 heterocycles. The van der Waals surface area contributed by atoms with Crippen molar-refractivity contribution in [1.29, 1.82) is 0 Å². The van der Waals surface area contributed by atoms with Crippen LogP contribution in [0.2, 0.25) is 0 Å². The summed E-state index contributed by atoms with van der Waals surface area (Å²) in [6.45, 7) is 4.94. The second-order valence-corrected chi connectivity index (χ2v) is 3.04. The molecule has 1 unspecified atom stereocenters. The second-order valence-electron chi connectivity index (χ2n) is 3.04. The first-order valence-corrected chi connectivity index (χ1v) is 3.49. The van der Waals surface area contributed by atoms with Gasteiger partial charge < -0.3 is 10.1 Å². The van der Waals surface area contributed by atoms with E-state index in [1.54, 1.807) is 0 Å². The van der Waals surface area contributed by atoms with Crippen molar-refractivity contribution in [2.45, 2.75) is 25.8 Å². The summed E-state index contributed by atoms with van der Waals surface area (Å²) in [6, 6.07) is 0. The molecule has 1 rings (SSSR count). The second kappa shape index (κ2) is 2.58. The van der Waals surface area contributed by atoms with Crippen LogP contribution in [0.25, 0.3) is 0 Å². The van der Waals surface area contributed by atoms with E-state index in [1.165, 1.54) is 6.92 Å². The Morgan fingerprint density at radius 3 is 2.80 bits per heavy atom. The molecule has 0 aromatic heterocycles. The van der Waals surface area contributed by atoms with Gasteiger partial charge in [0.2, 0.25) is 5.91 Å². The molecule has 1 aliphatic rings. The molecule has 1 fully saturated rings. The first kappa shape index (κ1) is 7.54.